The average molecular weight is 277 g/mol. The van der Waals surface area contributed by atoms with E-state index < -0.39 is 6.10 Å². The van der Waals surface area contributed by atoms with Gasteiger partial charge in [0.05, 0.1) is 12.3 Å². The van der Waals surface area contributed by atoms with Gasteiger partial charge in [0.1, 0.15) is 18.2 Å². The van der Waals surface area contributed by atoms with Crippen LogP contribution < -0.4 is 4.74 Å². The number of hydrogen-bond acceptors (Lipinski definition) is 4. The summed E-state index contributed by atoms with van der Waals surface area (Å²) in [6.07, 6.45) is 3.66. The van der Waals surface area contributed by atoms with Crippen molar-refractivity contribution in [3.8, 4) is 5.75 Å². The van der Waals surface area contributed by atoms with E-state index in [-0.39, 0.29) is 0 Å². The summed E-state index contributed by atoms with van der Waals surface area (Å²) in [4.78, 5) is 7.89. The molecule has 0 saturated heterocycles. The van der Waals surface area contributed by atoms with Gasteiger partial charge in [-0.1, -0.05) is 11.6 Å². The minimum absolute atomic E-state index is 0.430. The molecule has 1 aliphatic rings. The molecule has 0 saturated carbocycles. The van der Waals surface area contributed by atoms with Gasteiger partial charge in [-0.2, -0.15) is 0 Å². The van der Waals surface area contributed by atoms with E-state index in [0.29, 0.717) is 23.7 Å². The molecule has 1 aromatic heterocycles. The third-order valence-electron chi connectivity index (χ3n) is 3.18. The van der Waals surface area contributed by atoms with Gasteiger partial charge in [0.15, 0.2) is 0 Å². The third kappa shape index (κ3) is 2.55. The van der Waals surface area contributed by atoms with Gasteiger partial charge in [-0.05, 0) is 29.3 Å². The Balaban J connectivity index is 1.88. The van der Waals surface area contributed by atoms with Crippen LogP contribution in [-0.2, 0) is 12.8 Å². The highest BCUT2D eigenvalue weighted by Crippen LogP contribution is 2.34. The van der Waals surface area contributed by atoms with Gasteiger partial charge in [0.25, 0.3) is 0 Å². The Morgan fingerprint density at radius 3 is 3.11 bits per heavy atom. The van der Waals surface area contributed by atoms with Crippen molar-refractivity contribution >= 4 is 11.6 Å². The fraction of sp³-hybridized carbons (Fsp3) is 0.286. The summed E-state index contributed by atoms with van der Waals surface area (Å²) in [5.41, 5.74) is 2.63. The van der Waals surface area contributed by atoms with Crippen molar-refractivity contribution in [1.82, 2.24) is 9.97 Å². The summed E-state index contributed by atoms with van der Waals surface area (Å²) in [5.74, 6) is 0.859. The molecule has 1 atom stereocenters. The fourth-order valence-corrected chi connectivity index (χ4v) is 2.57. The molecule has 98 valence electrons. The zero-order valence-corrected chi connectivity index (χ0v) is 11.0. The molecule has 4 nitrogen and oxygen atoms in total. The lowest BCUT2D eigenvalue weighted by molar-refractivity contribution is 0.172. The Bertz CT molecular complexity index is 589. The second-order valence-corrected chi connectivity index (χ2v) is 4.94. The number of fused-ring (bicyclic) bond motifs is 1. The molecule has 19 heavy (non-hydrogen) atoms. The molecule has 0 amide bonds. The molecule has 0 aliphatic carbocycles. The first kappa shape index (κ1) is 12.4. The summed E-state index contributed by atoms with van der Waals surface area (Å²) in [6.45, 7) is 0.673. The number of halogens is 1. The predicted molar refractivity (Wildman–Crippen MR) is 71.3 cm³/mol. The molecular weight excluding hydrogens is 264 g/mol. The van der Waals surface area contributed by atoms with E-state index in [4.69, 9.17) is 16.3 Å². The van der Waals surface area contributed by atoms with Crippen molar-refractivity contribution in [2.45, 2.75) is 18.9 Å². The van der Waals surface area contributed by atoms with Crippen LogP contribution in [0.25, 0.3) is 0 Å². The lowest BCUT2D eigenvalue weighted by Crippen LogP contribution is -2.05. The first-order valence-electron chi connectivity index (χ1n) is 6.12. The van der Waals surface area contributed by atoms with E-state index in [2.05, 4.69) is 9.97 Å². The molecule has 1 aliphatic heterocycles. The molecule has 2 aromatic rings. The Morgan fingerprint density at radius 2 is 2.32 bits per heavy atom. The standard InChI is InChI=1S/C14H13ClN2O2/c15-11-5-9-2-4-19-14(9)10(6-11)7-13(18)12-1-3-16-8-17-12/h1,3,5-6,8,13,18H,2,4,7H2. The number of rotatable bonds is 3. The maximum atomic E-state index is 10.2. The van der Waals surface area contributed by atoms with E-state index in [1.807, 2.05) is 12.1 Å². The number of aromatic nitrogens is 2. The SMILES string of the molecule is OC(Cc1cc(Cl)cc2c1OCC2)c1ccncn1. The van der Waals surface area contributed by atoms with Crippen molar-refractivity contribution in [2.75, 3.05) is 6.61 Å². The fourth-order valence-electron chi connectivity index (χ4n) is 2.31. The summed E-state index contributed by atoms with van der Waals surface area (Å²) >= 11 is 6.10. The Labute approximate surface area is 116 Å². The van der Waals surface area contributed by atoms with Gasteiger partial charge in [0.2, 0.25) is 0 Å². The lowest BCUT2D eigenvalue weighted by Gasteiger charge is -2.13. The van der Waals surface area contributed by atoms with Crippen LogP contribution in [0.15, 0.2) is 30.7 Å². The zero-order chi connectivity index (χ0) is 13.2. The molecule has 1 N–H and O–H groups in total. The van der Waals surface area contributed by atoms with E-state index >= 15 is 0 Å². The van der Waals surface area contributed by atoms with Gasteiger partial charge in [0, 0.05) is 24.1 Å². The molecule has 0 spiro atoms. The molecule has 1 unspecified atom stereocenters. The summed E-state index contributed by atoms with van der Waals surface area (Å²) < 4.78 is 5.62. The highest BCUT2D eigenvalue weighted by molar-refractivity contribution is 6.30. The lowest BCUT2D eigenvalue weighted by atomic mass is 10.0. The topological polar surface area (TPSA) is 55.2 Å². The minimum atomic E-state index is -0.685. The molecule has 0 radical (unpaired) electrons. The smallest absolute Gasteiger partial charge is 0.126 e. The maximum absolute atomic E-state index is 10.2. The Morgan fingerprint density at radius 1 is 1.42 bits per heavy atom. The molecule has 5 heteroatoms. The molecular formula is C14H13ClN2O2. The van der Waals surface area contributed by atoms with E-state index in [9.17, 15) is 5.11 Å². The van der Waals surface area contributed by atoms with Crippen molar-refractivity contribution in [1.29, 1.82) is 0 Å². The first-order chi connectivity index (χ1) is 9.24. The average Bonchev–Trinajstić information content (AvgIpc) is 2.88. The van der Waals surface area contributed by atoms with Crippen LogP contribution in [-0.4, -0.2) is 21.7 Å². The van der Waals surface area contributed by atoms with Crippen molar-refractivity contribution in [3.05, 3.63) is 52.6 Å². The van der Waals surface area contributed by atoms with Gasteiger partial charge in [-0.3, -0.25) is 0 Å². The summed E-state index contributed by atoms with van der Waals surface area (Å²) in [5, 5.41) is 10.9. The van der Waals surface area contributed by atoms with E-state index in [1.54, 1.807) is 12.3 Å². The van der Waals surface area contributed by atoms with Crippen LogP contribution in [0.5, 0.6) is 5.75 Å². The number of aliphatic hydroxyl groups excluding tert-OH is 1. The zero-order valence-electron chi connectivity index (χ0n) is 10.2. The van der Waals surface area contributed by atoms with E-state index in [0.717, 1.165) is 23.3 Å². The van der Waals surface area contributed by atoms with E-state index in [1.165, 1.54) is 6.33 Å². The summed E-state index contributed by atoms with van der Waals surface area (Å²) in [6, 6.07) is 5.47. The normalized spacial score (nSPS) is 14.8. The van der Waals surface area contributed by atoms with Gasteiger partial charge >= 0.3 is 0 Å². The second kappa shape index (κ2) is 5.15. The van der Waals surface area contributed by atoms with Crippen LogP contribution in [0.4, 0.5) is 0 Å². The van der Waals surface area contributed by atoms with Crippen LogP contribution >= 0.6 is 11.6 Å². The highest BCUT2D eigenvalue weighted by Gasteiger charge is 2.20. The first-order valence-corrected chi connectivity index (χ1v) is 6.50. The van der Waals surface area contributed by atoms with Crippen LogP contribution in [0.1, 0.15) is 22.9 Å². The predicted octanol–water partition coefficient (Wildman–Crippen LogP) is 2.34. The summed E-state index contributed by atoms with van der Waals surface area (Å²) in [7, 11) is 0. The number of hydrogen-bond donors (Lipinski definition) is 1. The van der Waals surface area contributed by atoms with Crippen LogP contribution in [0, 0.1) is 0 Å². The quantitative estimate of drug-likeness (QED) is 0.935. The molecule has 1 aromatic carbocycles. The maximum Gasteiger partial charge on any atom is 0.126 e. The monoisotopic (exact) mass is 276 g/mol. The Hall–Kier alpha value is -1.65. The number of nitrogens with zero attached hydrogens (tertiary/aromatic N) is 2. The number of aliphatic hydroxyl groups is 1. The van der Waals surface area contributed by atoms with Gasteiger partial charge < -0.3 is 9.84 Å². The highest BCUT2D eigenvalue weighted by atomic mass is 35.5. The second-order valence-electron chi connectivity index (χ2n) is 4.51. The van der Waals surface area contributed by atoms with Crippen molar-refractivity contribution < 1.29 is 9.84 Å². The van der Waals surface area contributed by atoms with Crippen LogP contribution in [0.2, 0.25) is 5.02 Å². The van der Waals surface area contributed by atoms with Crippen molar-refractivity contribution in [2.24, 2.45) is 0 Å². The van der Waals surface area contributed by atoms with Gasteiger partial charge in [-0.15, -0.1) is 0 Å². The number of ether oxygens (including phenoxy) is 1. The molecule has 0 bridgehead atoms. The molecule has 0 fully saturated rings. The van der Waals surface area contributed by atoms with Gasteiger partial charge in [-0.25, -0.2) is 9.97 Å². The Kier molecular flexibility index (Phi) is 3.36. The molecule has 3 rings (SSSR count). The minimum Gasteiger partial charge on any atom is -0.493 e. The largest absolute Gasteiger partial charge is 0.493 e. The number of benzene rings is 1. The van der Waals surface area contributed by atoms with Crippen LogP contribution in [0.3, 0.4) is 0 Å². The third-order valence-corrected chi connectivity index (χ3v) is 3.40. The molecule has 2 heterocycles. The van der Waals surface area contributed by atoms with Crippen molar-refractivity contribution in [3.63, 3.8) is 0 Å².